The first-order valence-electron chi connectivity index (χ1n) is 10.1. The van der Waals surface area contributed by atoms with Crippen molar-refractivity contribution in [2.45, 2.75) is 51.1 Å². The van der Waals surface area contributed by atoms with Gasteiger partial charge in [-0.2, -0.15) is 0 Å². The van der Waals surface area contributed by atoms with Crippen LogP contribution in [0, 0.1) is 12.8 Å². The Labute approximate surface area is 169 Å². The van der Waals surface area contributed by atoms with Crippen molar-refractivity contribution < 1.29 is 9.59 Å². The quantitative estimate of drug-likeness (QED) is 0.812. The molecule has 2 atom stereocenters. The monoisotopic (exact) mass is 395 g/mol. The standard InChI is InChI=1S/C22H25N3O2S/c1-13-21-17(12-28-13)22(27)23-18-5-3-4-6-19(18)25(21)20(26)11-14-9-15-7-8-16(10-14)24(15)2/h3-6,12,14-16H,7-11H2,1-2H3,(H,23,27). The molecule has 5 nitrogen and oxygen atoms in total. The lowest BCUT2D eigenvalue weighted by molar-refractivity contribution is -0.119. The van der Waals surface area contributed by atoms with Gasteiger partial charge in [-0.1, -0.05) is 12.1 Å². The summed E-state index contributed by atoms with van der Waals surface area (Å²) >= 11 is 1.52. The third kappa shape index (κ3) is 2.78. The molecule has 0 saturated carbocycles. The van der Waals surface area contributed by atoms with Crippen LogP contribution in [-0.2, 0) is 4.79 Å². The fraction of sp³-hybridized carbons (Fsp3) is 0.455. The predicted octanol–water partition coefficient (Wildman–Crippen LogP) is 4.55. The molecule has 0 spiro atoms. The van der Waals surface area contributed by atoms with Gasteiger partial charge in [-0.3, -0.25) is 14.5 Å². The normalized spacial score (nSPS) is 26.4. The van der Waals surface area contributed by atoms with E-state index >= 15 is 0 Å². The van der Waals surface area contributed by atoms with Crippen molar-refractivity contribution in [2.75, 3.05) is 17.3 Å². The van der Waals surface area contributed by atoms with Crippen LogP contribution in [0.5, 0.6) is 0 Å². The molecule has 28 heavy (non-hydrogen) atoms. The van der Waals surface area contributed by atoms with Crippen LogP contribution in [0.3, 0.4) is 0 Å². The Morgan fingerprint density at radius 2 is 1.93 bits per heavy atom. The predicted molar refractivity (Wildman–Crippen MR) is 113 cm³/mol. The van der Waals surface area contributed by atoms with E-state index in [0.717, 1.165) is 29.1 Å². The van der Waals surface area contributed by atoms with Crippen LogP contribution in [-0.4, -0.2) is 35.8 Å². The van der Waals surface area contributed by atoms with Crippen LogP contribution in [0.25, 0.3) is 0 Å². The molecule has 1 aromatic carbocycles. The average Bonchev–Trinajstić information content (AvgIpc) is 3.07. The minimum Gasteiger partial charge on any atom is -0.320 e. The molecule has 2 amide bonds. The molecule has 5 rings (SSSR count). The number of piperidine rings is 1. The van der Waals surface area contributed by atoms with Gasteiger partial charge in [0.25, 0.3) is 5.91 Å². The summed E-state index contributed by atoms with van der Waals surface area (Å²) in [6, 6.07) is 8.85. The summed E-state index contributed by atoms with van der Waals surface area (Å²) in [5, 5.41) is 4.84. The van der Waals surface area contributed by atoms with Gasteiger partial charge in [0, 0.05) is 28.8 Å². The molecule has 2 aromatic rings. The number of rotatable bonds is 2. The molecule has 2 saturated heterocycles. The lowest BCUT2D eigenvalue weighted by atomic mass is 9.88. The number of nitrogens with one attached hydrogen (secondary N) is 1. The van der Waals surface area contributed by atoms with Crippen molar-refractivity contribution in [1.29, 1.82) is 0 Å². The number of carbonyl (C=O) groups is 2. The van der Waals surface area contributed by atoms with Crippen molar-refractivity contribution in [1.82, 2.24) is 4.90 Å². The molecule has 2 bridgehead atoms. The molecule has 0 radical (unpaired) electrons. The van der Waals surface area contributed by atoms with Crippen molar-refractivity contribution in [3.8, 4) is 0 Å². The summed E-state index contributed by atoms with van der Waals surface area (Å²) in [6.45, 7) is 1.99. The molecule has 0 aliphatic carbocycles. The lowest BCUT2D eigenvalue weighted by Crippen LogP contribution is -2.41. The van der Waals surface area contributed by atoms with Gasteiger partial charge in [0.1, 0.15) is 0 Å². The van der Waals surface area contributed by atoms with E-state index < -0.39 is 0 Å². The van der Waals surface area contributed by atoms with E-state index in [9.17, 15) is 9.59 Å². The largest absolute Gasteiger partial charge is 0.320 e. The van der Waals surface area contributed by atoms with E-state index in [1.807, 2.05) is 36.6 Å². The molecule has 1 aromatic heterocycles. The summed E-state index contributed by atoms with van der Waals surface area (Å²) in [6.07, 6.45) is 5.25. The highest BCUT2D eigenvalue weighted by Gasteiger charge is 2.40. The molecule has 4 heterocycles. The highest BCUT2D eigenvalue weighted by atomic mass is 32.1. The second-order valence-electron chi connectivity index (χ2n) is 8.35. The van der Waals surface area contributed by atoms with Gasteiger partial charge in [0.05, 0.1) is 22.6 Å². The van der Waals surface area contributed by atoms with Crippen molar-refractivity contribution in [2.24, 2.45) is 5.92 Å². The first kappa shape index (κ1) is 17.9. The maximum Gasteiger partial charge on any atom is 0.258 e. The number of amides is 2. The number of nitrogens with zero attached hydrogens (tertiary/aromatic N) is 2. The van der Waals surface area contributed by atoms with Crippen LogP contribution in [0.15, 0.2) is 29.6 Å². The summed E-state index contributed by atoms with van der Waals surface area (Å²) in [4.78, 5) is 31.6. The van der Waals surface area contributed by atoms with E-state index in [1.54, 1.807) is 4.90 Å². The van der Waals surface area contributed by atoms with Crippen molar-refractivity contribution in [3.63, 3.8) is 0 Å². The molecule has 6 heteroatoms. The van der Waals surface area contributed by atoms with Gasteiger partial charge < -0.3 is 10.2 Å². The van der Waals surface area contributed by atoms with Crippen LogP contribution in [0.2, 0.25) is 0 Å². The Hall–Kier alpha value is -2.18. The summed E-state index contributed by atoms with van der Waals surface area (Å²) < 4.78 is 0. The SMILES string of the molecule is Cc1scc2c1N(C(=O)CC1CC3CCC(C1)N3C)c1ccccc1NC2=O. The summed E-state index contributed by atoms with van der Waals surface area (Å²) in [5.74, 6) is 0.378. The highest BCUT2D eigenvalue weighted by molar-refractivity contribution is 7.11. The first-order chi connectivity index (χ1) is 13.5. The van der Waals surface area contributed by atoms with E-state index in [4.69, 9.17) is 0 Å². The number of benzene rings is 1. The van der Waals surface area contributed by atoms with Crippen molar-refractivity contribution >= 4 is 40.2 Å². The summed E-state index contributed by atoms with van der Waals surface area (Å²) in [7, 11) is 2.23. The number of carbonyl (C=O) groups excluding carboxylic acids is 2. The second kappa shape index (κ2) is 6.71. The lowest BCUT2D eigenvalue weighted by Gasteiger charge is -2.37. The minimum atomic E-state index is -0.139. The van der Waals surface area contributed by atoms with Gasteiger partial charge in [0.15, 0.2) is 0 Å². The van der Waals surface area contributed by atoms with Crippen LogP contribution < -0.4 is 10.2 Å². The topological polar surface area (TPSA) is 52.7 Å². The molecule has 2 unspecified atom stereocenters. The number of hydrogen-bond acceptors (Lipinski definition) is 4. The Bertz CT molecular complexity index is 939. The number of anilines is 3. The number of hydrogen-bond donors (Lipinski definition) is 1. The molecular weight excluding hydrogens is 370 g/mol. The van der Waals surface area contributed by atoms with E-state index in [0.29, 0.717) is 35.7 Å². The van der Waals surface area contributed by atoms with E-state index in [-0.39, 0.29) is 11.8 Å². The van der Waals surface area contributed by atoms with Crippen LogP contribution >= 0.6 is 11.3 Å². The Kier molecular flexibility index (Phi) is 4.29. The zero-order valence-corrected chi connectivity index (χ0v) is 17.1. The van der Waals surface area contributed by atoms with Gasteiger partial charge in [0.2, 0.25) is 5.91 Å². The molecule has 3 aliphatic heterocycles. The average molecular weight is 396 g/mol. The maximum absolute atomic E-state index is 13.6. The van der Waals surface area contributed by atoms with Crippen LogP contribution in [0.4, 0.5) is 17.1 Å². The van der Waals surface area contributed by atoms with Gasteiger partial charge in [-0.15, -0.1) is 11.3 Å². The smallest absolute Gasteiger partial charge is 0.258 e. The Morgan fingerprint density at radius 3 is 2.68 bits per heavy atom. The van der Waals surface area contributed by atoms with Crippen molar-refractivity contribution in [3.05, 3.63) is 40.1 Å². The number of fused-ring (bicyclic) bond motifs is 4. The first-order valence-corrected chi connectivity index (χ1v) is 10.9. The second-order valence-corrected chi connectivity index (χ2v) is 9.43. The number of thiophene rings is 1. The zero-order chi connectivity index (χ0) is 19.4. The zero-order valence-electron chi connectivity index (χ0n) is 16.3. The minimum absolute atomic E-state index is 0.0978. The van der Waals surface area contributed by atoms with E-state index in [2.05, 4.69) is 17.3 Å². The highest BCUT2D eigenvalue weighted by Crippen LogP contribution is 2.44. The maximum atomic E-state index is 13.6. The summed E-state index contributed by atoms with van der Waals surface area (Å²) in [5.41, 5.74) is 2.82. The molecule has 1 N–H and O–H groups in total. The fourth-order valence-electron chi connectivity index (χ4n) is 5.26. The van der Waals surface area contributed by atoms with Gasteiger partial charge in [-0.25, -0.2) is 0 Å². The molecular formula is C22H25N3O2S. The van der Waals surface area contributed by atoms with Gasteiger partial charge >= 0.3 is 0 Å². The third-order valence-electron chi connectivity index (χ3n) is 6.71. The molecule has 3 aliphatic rings. The van der Waals surface area contributed by atoms with Gasteiger partial charge in [-0.05, 0) is 57.7 Å². The molecule has 2 fully saturated rings. The van der Waals surface area contributed by atoms with E-state index in [1.165, 1.54) is 24.2 Å². The van der Waals surface area contributed by atoms with Crippen LogP contribution in [0.1, 0.15) is 47.3 Å². The third-order valence-corrected chi connectivity index (χ3v) is 7.61. The Morgan fingerprint density at radius 1 is 1.21 bits per heavy atom. The number of aryl methyl sites for hydroxylation is 1. The molecule has 146 valence electrons. The number of para-hydroxylation sites is 2. The Balaban J connectivity index is 1.50. The fourth-order valence-corrected chi connectivity index (χ4v) is 6.09.